The number of rotatable bonds is 4. The van der Waals surface area contributed by atoms with E-state index in [0.717, 1.165) is 25.9 Å². The Hall–Kier alpha value is -2.87. The SMILES string of the molecule is COc1ccc(NC(=O)c2cnc(N3CCC(C)(N)CC3)nc2N)cc1. The van der Waals surface area contributed by atoms with E-state index in [1.54, 1.807) is 31.4 Å². The Morgan fingerprint density at radius 2 is 1.92 bits per heavy atom. The van der Waals surface area contributed by atoms with Gasteiger partial charge in [-0.3, -0.25) is 4.79 Å². The van der Waals surface area contributed by atoms with Gasteiger partial charge in [0.25, 0.3) is 5.91 Å². The van der Waals surface area contributed by atoms with Crippen LogP contribution in [-0.2, 0) is 0 Å². The van der Waals surface area contributed by atoms with E-state index in [1.807, 2.05) is 11.8 Å². The third-order valence-corrected chi connectivity index (χ3v) is 4.59. The monoisotopic (exact) mass is 356 g/mol. The minimum Gasteiger partial charge on any atom is -0.497 e. The fourth-order valence-corrected chi connectivity index (χ4v) is 2.80. The largest absolute Gasteiger partial charge is 0.497 e. The molecule has 1 amide bonds. The number of nitrogens with one attached hydrogen (secondary N) is 1. The first kappa shape index (κ1) is 17.9. The average Bonchev–Trinajstić information content (AvgIpc) is 2.62. The fraction of sp³-hybridized carbons (Fsp3) is 0.389. The normalized spacial score (nSPS) is 16.2. The Morgan fingerprint density at radius 1 is 1.27 bits per heavy atom. The van der Waals surface area contributed by atoms with Gasteiger partial charge in [-0.15, -0.1) is 0 Å². The van der Waals surface area contributed by atoms with Crippen molar-refractivity contribution in [2.75, 3.05) is 36.1 Å². The van der Waals surface area contributed by atoms with Gasteiger partial charge in [0.05, 0.1) is 7.11 Å². The lowest BCUT2D eigenvalue weighted by Gasteiger charge is -2.36. The molecule has 0 aliphatic carbocycles. The van der Waals surface area contributed by atoms with Crippen molar-refractivity contribution < 1.29 is 9.53 Å². The summed E-state index contributed by atoms with van der Waals surface area (Å²) in [6.45, 7) is 3.58. The van der Waals surface area contributed by atoms with Gasteiger partial charge in [0.1, 0.15) is 17.1 Å². The summed E-state index contributed by atoms with van der Waals surface area (Å²) < 4.78 is 5.10. The zero-order chi connectivity index (χ0) is 18.7. The van der Waals surface area contributed by atoms with Crippen molar-refractivity contribution >= 4 is 23.4 Å². The Bertz CT molecular complexity index is 781. The van der Waals surface area contributed by atoms with E-state index >= 15 is 0 Å². The first-order valence-electron chi connectivity index (χ1n) is 8.50. The van der Waals surface area contributed by atoms with Crippen LogP contribution in [0.25, 0.3) is 0 Å². The van der Waals surface area contributed by atoms with Gasteiger partial charge in [0.2, 0.25) is 5.95 Å². The molecule has 5 N–H and O–H groups in total. The lowest BCUT2D eigenvalue weighted by Crippen LogP contribution is -2.48. The molecule has 0 unspecified atom stereocenters. The number of nitrogens with zero attached hydrogens (tertiary/aromatic N) is 3. The second kappa shape index (κ2) is 7.17. The molecule has 1 fully saturated rings. The number of ether oxygens (including phenoxy) is 1. The van der Waals surface area contributed by atoms with Gasteiger partial charge in [-0.25, -0.2) is 4.98 Å². The van der Waals surface area contributed by atoms with Crippen LogP contribution in [0, 0.1) is 0 Å². The number of anilines is 3. The van der Waals surface area contributed by atoms with Crippen molar-refractivity contribution in [3.05, 3.63) is 36.0 Å². The van der Waals surface area contributed by atoms with Gasteiger partial charge in [0, 0.05) is 30.5 Å². The molecule has 1 aromatic heterocycles. The summed E-state index contributed by atoms with van der Waals surface area (Å²) >= 11 is 0. The van der Waals surface area contributed by atoms with Crippen LogP contribution in [0.5, 0.6) is 5.75 Å². The van der Waals surface area contributed by atoms with Crippen molar-refractivity contribution in [3.8, 4) is 5.75 Å². The summed E-state index contributed by atoms with van der Waals surface area (Å²) in [4.78, 5) is 23.1. The highest BCUT2D eigenvalue weighted by Gasteiger charge is 2.27. The second-order valence-electron chi connectivity index (χ2n) is 6.79. The van der Waals surface area contributed by atoms with E-state index in [2.05, 4.69) is 15.3 Å². The molecule has 0 saturated carbocycles. The van der Waals surface area contributed by atoms with Crippen molar-refractivity contribution in [3.63, 3.8) is 0 Å². The van der Waals surface area contributed by atoms with E-state index in [0.29, 0.717) is 17.4 Å². The molecular weight excluding hydrogens is 332 g/mol. The quantitative estimate of drug-likeness (QED) is 0.762. The number of nitrogens with two attached hydrogens (primary N) is 2. The second-order valence-corrected chi connectivity index (χ2v) is 6.79. The predicted molar refractivity (Wildman–Crippen MR) is 101 cm³/mol. The van der Waals surface area contributed by atoms with E-state index in [9.17, 15) is 4.79 Å². The smallest absolute Gasteiger partial charge is 0.260 e. The summed E-state index contributed by atoms with van der Waals surface area (Å²) in [5.41, 5.74) is 12.9. The molecule has 26 heavy (non-hydrogen) atoms. The number of carbonyl (C=O) groups is 1. The highest BCUT2D eigenvalue weighted by atomic mass is 16.5. The average molecular weight is 356 g/mol. The van der Waals surface area contributed by atoms with Gasteiger partial charge in [0.15, 0.2) is 0 Å². The molecule has 2 aromatic rings. The molecule has 3 rings (SSSR count). The number of nitrogen functional groups attached to an aromatic ring is 1. The first-order chi connectivity index (χ1) is 12.4. The van der Waals surface area contributed by atoms with Crippen LogP contribution in [0.1, 0.15) is 30.1 Å². The van der Waals surface area contributed by atoms with E-state index in [-0.39, 0.29) is 22.8 Å². The first-order valence-corrected chi connectivity index (χ1v) is 8.50. The molecule has 138 valence electrons. The molecule has 0 radical (unpaired) electrons. The van der Waals surface area contributed by atoms with Crippen molar-refractivity contribution in [1.82, 2.24) is 9.97 Å². The summed E-state index contributed by atoms with van der Waals surface area (Å²) in [5.74, 6) is 1.04. The molecule has 8 nitrogen and oxygen atoms in total. The van der Waals surface area contributed by atoms with Gasteiger partial charge in [-0.05, 0) is 44.0 Å². The van der Waals surface area contributed by atoms with Crippen LogP contribution >= 0.6 is 0 Å². The minimum absolute atomic E-state index is 0.153. The van der Waals surface area contributed by atoms with Crippen molar-refractivity contribution in [2.45, 2.75) is 25.3 Å². The number of benzene rings is 1. The summed E-state index contributed by atoms with van der Waals surface area (Å²) in [6, 6.07) is 7.03. The highest BCUT2D eigenvalue weighted by molar-refractivity contribution is 6.07. The summed E-state index contributed by atoms with van der Waals surface area (Å²) in [5, 5.41) is 2.78. The van der Waals surface area contributed by atoms with Crippen LogP contribution in [0.3, 0.4) is 0 Å². The van der Waals surface area contributed by atoms with Crippen LogP contribution in [0.15, 0.2) is 30.5 Å². The van der Waals surface area contributed by atoms with Gasteiger partial charge < -0.3 is 26.4 Å². The molecule has 0 bridgehead atoms. The van der Waals surface area contributed by atoms with Crippen LogP contribution in [0.2, 0.25) is 0 Å². The molecule has 0 spiro atoms. The molecule has 1 aromatic carbocycles. The van der Waals surface area contributed by atoms with Crippen LogP contribution in [0.4, 0.5) is 17.5 Å². The topological polar surface area (TPSA) is 119 Å². The number of methoxy groups -OCH3 is 1. The Kier molecular flexibility index (Phi) is 4.94. The van der Waals surface area contributed by atoms with Crippen LogP contribution < -0.4 is 26.4 Å². The zero-order valence-electron chi connectivity index (χ0n) is 15.0. The lowest BCUT2D eigenvalue weighted by molar-refractivity contribution is 0.102. The van der Waals surface area contributed by atoms with Crippen LogP contribution in [-0.4, -0.2) is 41.6 Å². The summed E-state index contributed by atoms with van der Waals surface area (Å²) in [6.07, 6.45) is 3.18. The zero-order valence-corrected chi connectivity index (χ0v) is 15.0. The third kappa shape index (κ3) is 4.02. The molecule has 1 aliphatic rings. The molecule has 0 atom stereocenters. The Balaban J connectivity index is 1.69. The molecular formula is C18H24N6O2. The number of carbonyl (C=O) groups excluding carboxylic acids is 1. The fourth-order valence-electron chi connectivity index (χ4n) is 2.80. The van der Waals surface area contributed by atoms with Crippen molar-refractivity contribution in [1.29, 1.82) is 0 Å². The Labute approximate surface area is 152 Å². The number of amides is 1. The number of hydrogen-bond donors (Lipinski definition) is 3. The van der Waals surface area contributed by atoms with Crippen molar-refractivity contribution in [2.24, 2.45) is 5.73 Å². The molecule has 8 heteroatoms. The number of aromatic nitrogens is 2. The number of hydrogen-bond acceptors (Lipinski definition) is 7. The Morgan fingerprint density at radius 3 is 2.50 bits per heavy atom. The standard InChI is InChI=1S/C18H24N6O2/c1-18(20)7-9-24(10-8-18)17-21-11-14(15(19)23-17)16(25)22-12-3-5-13(26-2)6-4-12/h3-6,11H,7-10,20H2,1-2H3,(H,22,25)(H2,19,21,23). The maximum absolute atomic E-state index is 12.4. The molecule has 1 saturated heterocycles. The maximum atomic E-state index is 12.4. The predicted octanol–water partition coefficient (Wildman–Crippen LogP) is 1.64. The molecule has 1 aliphatic heterocycles. The lowest BCUT2D eigenvalue weighted by atomic mass is 9.91. The van der Waals surface area contributed by atoms with E-state index < -0.39 is 0 Å². The van der Waals surface area contributed by atoms with E-state index in [4.69, 9.17) is 16.2 Å². The van der Waals surface area contributed by atoms with Gasteiger partial charge in [-0.1, -0.05) is 0 Å². The molecule has 2 heterocycles. The number of piperidine rings is 1. The van der Waals surface area contributed by atoms with Gasteiger partial charge >= 0.3 is 0 Å². The maximum Gasteiger partial charge on any atom is 0.260 e. The summed E-state index contributed by atoms with van der Waals surface area (Å²) in [7, 11) is 1.59. The highest BCUT2D eigenvalue weighted by Crippen LogP contribution is 2.23. The van der Waals surface area contributed by atoms with E-state index in [1.165, 1.54) is 6.20 Å². The van der Waals surface area contributed by atoms with Gasteiger partial charge in [-0.2, -0.15) is 4.98 Å². The minimum atomic E-state index is -0.354. The third-order valence-electron chi connectivity index (χ3n) is 4.59.